The lowest BCUT2D eigenvalue weighted by Gasteiger charge is -2.25. The van der Waals surface area contributed by atoms with Crippen molar-refractivity contribution in [2.24, 2.45) is 16.8 Å². The SMILES string of the molecule is CCNC(=NCC(Nc1ccccc1)C(C)C)N1CCC(COCCOC)C1. The molecule has 1 aromatic carbocycles. The van der Waals surface area contributed by atoms with Gasteiger partial charge in [-0.05, 0) is 31.4 Å². The predicted molar refractivity (Wildman–Crippen MR) is 117 cm³/mol. The quantitative estimate of drug-likeness (QED) is 0.345. The summed E-state index contributed by atoms with van der Waals surface area (Å²) in [5.74, 6) is 2.07. The first-order valence-corrected chi connectivity index (χ1v) is 10.6. The van der Waals surface area contributed by atoms with Crippen LogP contribution in [0.3, 0.4) is 0 Å². The highest BCUT2D eigenvalue weighted by atomic mass is 16.5. The predicted octanol–water partition coefficient (Wildman–Crippen LogP) is 3.07. The number of nitrogens with zero attached hydrogens (tertiary/aromatic N) is 2. The maximum absolute atomic E-state index is 5.72. The van der Waals surface area contributed by atoms with Gasteiger partial charge in [-0.3, -0.25) is 4.99 Å². The Morgan fingerprint density at radius 1 is 1.25 bits per heavy atom. The molecule has 1 aliphatic rings. The number of hydrogen-bond donors (Lipinski definition) is 2. The van der Waals surface area contributed by atoms with E-state index in [1.54, 1.807) is 7.11 Å². The van der Waals surface area contributed by atoms with Gasteiger partial charge >= 0.3 is 0 Å². The van der Waals surface area contributed by atoms with E-state index in [2.05, 4.69) is 60.6 Å². The van der Waals surface area contributed by atoms with Crippen molar-refractivity contribution in [1.82, 2.24) is 10.2 Å². The number of guanidine groups is 1. The third-order valence-electron chi connectivity index (χ3n) is 5.07. The van der Waals surface area contributed by atoms with Crippen molar-refractivity contribution in [3.63, 3.8) is 0 Å². The van der Waals surface area contributed by atoms with Crippen molar-refractivity contribution < 1.29 is 9.47 Å². The Morgan fingerprint density at radius 2 is 2.04 bits per heavy atom. The van der Waals surface area contributed by atoms with Crippen molar-refractivity contribution in [2.75, 3.05) is 58.4 Å². The summed E-state index contributed by atoms with van der Waals surface area (Å²) in [6.45, 7) is 12.4. The number of methoxy groups -OCH3 is 1. The summed E-state index contributed by atoms with van der Waals surface area (Å²) in [4.78, 5) is 7.33. The third-order valence-corrected chi connectivity index (χ3v) is 5.07. The molecule has 0 spiro atoms. The third kappa shape index (κ3) is 7.68. The fraction of sp³-hybridized carbons (Fsp3) is 0.682. The van der Waals surface area contributed by atoms with E-state index in [0.717, 1.165) is 50.9 Å². The highest BCUT2D eigenvalue weighted by molar-refractivity contribution is 5.80. The number of anilines is 1. The van der Waals surface area contributed by atoms with Gasteiger partial charge < -0.3 is 25.0 Å². The molecular weight excluding hydrogens is 352 g/mol. The van der Waals surface area contributed by atoms with Crippen LogP contribution in [0.1, 0.15) is 27.2 Å². The molecule has 158 valence electrons. The van der Waals surface area contributed by atoms with Crippen LogP contribution < -0.4 is 10.6 Å². The summed E-state index contributed by atoms with van der Waals surface area (Å²) in [6, 6.07) is 10.7. The Labute approximate surface area is 170 Å². The second-order valence-electron chi connectivity index (χ2n) is 7.72. The number of para-hydroxylation sites is 1. The van der Waals surface area contributed by atoms with E-state index in [0.29, 0.717) is 31.1 Å². The molecule has 0 aromatic heterocycles. The van der Waals surface area contributed by atoms with E-state index in [1.807, 2.05) is 6.07 Å². The lowest BCUT2D eigenvalue weighted by atomic mass is 10.0. The molecule has 1 aromatic rings. The molecule has 6 nitrogen and oxygen atoms in total. The van der Waals surface area contributed by atoms with Gasteiger partial charge in [0.1, 0.15) is 0 Å². The van der Waals surface area contributed by atoms with Gasteiger partial charge in [-0.2, -0.15) is 0 Å². The zero-order valence-electron chi connectivity index (χ0n) is 18.0. The van der Waals surface area contributed by atoms with Gasteiger partial charge in [-0.15, -0.1) is 0 Å². The maximum atomic E-state index is 5.72. The molecule has 1 saturated heterocycles. The summed E-state index contributed by atoms with van der Waals surface area (Å²) in [6.07, 6.45) is 1.15. The Hall–Kier alpha value is -1.79. The first kappa shape index (κ1) is 22.5. The Balaban J connectivity index is 1.91. The van der Waals surface area contributed by atoms with E-state index in [9.17, 15) is 0 Å². The van der Waals surface area contributed by atoms with Crippen molar-refractivity contribution in [2.45, 2.75) is 33.2 Å². The first-order valence-electron chi connectivity index (χ1n) is 10.6. The molecule has 0 aliphatic carbocycles. The minimum absolute atomic E-state index is 0.298. The molecule has 2 N–H and O–H groups in total. The number of nitrogens with one attached hydrogen (secondary N) is 2. The van der Waals surface area contributed by atoms with Gasteiger partial charge in [0.2, 0.25) is 0 Å². The van der Waals surface area contributed by atoms with Crippen LogP contribution in [0.25, 0.3) is 0 Å². The topological polar surface area (TPSA) is 58.1 Å². The average Bonchev–Trinajstić information content (AvgIpc) is 3.17. The van der Waals surface area contributed by atoms with Crippen LogP contribution in [0.2, 0.25) is 0 Å². The second-order valence-corrected chi connectivity index (χ2v) is 7.72. The monoisotopic (exact) mass is 390 g/mol. The van der Waals surface area contributed by atoms with Gasteiger partial charge in [0, 0.05) is 44.4 Å². The molecule has 1 heterocycles. The van der Waals surface area contributed by atoms with Crippen LogP contribution in [0.15, 0.2) is 35.3 Å². The maximum Gasteiger partial charge on any atom is 0.193 e. The number of likely N-dealkylation sites (tertiary alicyclic amines) is 1. The van der Waals surface area contributed by atoms with Gasteiger partial charge in [-0.1, -0.05) is 32.0 Å². The molecule has 1 aliphatic heterocycles. The van der Waals surface area contributed by atoms with Crippen LogP contribution in [0, 0.1) is 11.8 Å². The zero-order valence-corrected chi connectivity index (χ0v) is 18.0. The molecule has 0 bridgehead atoms. The lowest BCUT2D eigenvalue weighted by molar-refractivity contribution is 0.0536. The van der Waals surface area contributed by atoms with Crippen LogP contribution in [0.5, 0.6) is 0 Å². The van der Waals surface area contributed by atoms with E-state index in [-0.39, 0.29) is 0 Å². The summed E-state index contributed by atoms with van der Waals surface area (Å²) < 4.78 is 10.8. The molecule has 2 atom stereocenters. The van der Waals surface area contributed by atoms with Gasteiger partial charge in [-0.25, -0.2) is 0 Å². The first-order chi connectivity index (χ1) is 13.6. The molecular formula is C22H38N4O2. The summed E-state index contributed by atoms with van der Waals surface area (Å²) in [5, 5.41) is 7.10. The standard InChI is InChI=1S/C22H38N4O2/c1-5-23-22(26-12-11-19(16-26)17-28-14-13-27-4)24-15-21(18(2)3)25-20-9-7-6-8-10-20/h6-10,18-19,21,25H,5,11-17H2,1-4H3,(H,23,24). The second kappa shape index (κ2) is 12.6. The number of aliphatic imine (C=N–C) groups is 1. The average molecular weight is 391 g/mol. The highest BCUT2D eigenvalue weighted by Gasteiger charge is 2.25. The molecule has 0 radical (unpaired) electrons. The van der Waals surface area contributed by atoms with E-state index >= 15 is 0 Å². The van der Waals surface area contributed by atoms with Crippen LogP contribution in [-0.4, -0.2) is 70.0 Å². The molecule has 1 fully saturated rings. The Bertz CT molecular complexity index is 565. The largest absolute Gasteiger partial charge is 0.382 e. The molecule has 2 rings (SSSR count). The molecule has 28 heavy (non-hydrogen) atoms. The summed E-state index contributed by atoms with van der Waals surface area (Å²) in [5.41, 5.74) is 1.15. The van der Waals surface area contributed by atoms with Crippen LogP contribution >= 0.6 is 0 Å². The number of ether oxygens (including phenoxy) is 2. The van der Waals surface area contributed by atoms with Gasteiger partial charge in [0.25, 0.3) is 0 Å². The fourth-order valence-corrected chi connectivity index (χ4v) is 3.34. The summed E-state index contributed by atoms with van der Waals surface area (Å²) in [7, 11) is 1.71. The van der Waals surface area contributed by atoms with Crippen LogP contribution in [-0.2, 0) is 9.47 Å². The van der Waals surface area contributed by atoms with E-state index in [1.165, 1.54) is 0 Å². The van der Waals surface area contributed by atoms with Crippen LogP contribution in [0.4, 0.5) is 5.69 Å². The highest BCUT2D eigenvalue weighted by Crippen LogP contribution is 2.17. The lowest BCUT2D eigenvalue weighted by Crippen LogP contribution is -2.41. The van der Waals surface area contributed by atoms with Crippen molar-refractivity contribution in [3.05, 3.63) is 30.3 Å². The molecule has 6 heteroatoms. The summed E-state index contributed by atoms with van der Waals surface area (Å²) >= 11 is 0. The number of hydrogen-bond acceptors (Lipinski definition) is 4. The van der Waals surface area contributed by atoms with E-state index in [4.69, 9.17) is 14.5 Å². The fourth-order valence-electron chi connectivity index (χ4n) is 3.34. The molecule has 0 amide bonds. The minimum Gasteiger partial charge on any atom is -0.382 e. The van der Waals surface area contributed by atoms with Crippen molar-refractivity contribution >= 4 is 11.6 Å². The Kier molecular flexibility index (Phi) is 10.1. The number of rotatable bonds is 11. The number of benzene rings is 1. The van der Waals surface area contributed by atoms with Crippen molar-refractivity contribution in [3.8, 4) is 0 Å². The Morgan fingerprint density at radius 3 is 2.71 bits per heavy atom. The van der Waals surface area contributed by atoms with Gasteiger partial charge in [0.05, 0.1) is 26.4 Å². The minimum atomic E-state index is 0.298. The smallest absolute Gasteiger partial charge is 0.193 e. The van der Waals surface area contributed by atoms with Gasteiger partial charge in [0.15, 0.2) is 5.96 Å². The van der Waals surface area contributed by atoms with Crippen molar-refractivity contribution in [1.29, 1.82) is 0 Å². The normalized spacial score (nSPS) is 18.5. The molecule has 2 unspecified atom stereocenters. The van der Waals surface area contributed by atoms with E-state index < -0.39 is 0 Å². The molecule has 0 saturated carbocycles. The zero-order chi connectivity index (χ0) is 20.2.